The normalized spacial score (nSPS) is 16.7. The van der Waals surface area contributed by atoms with Crippen molar-refractivity contribution in [1.82, 2.24) is 24.6 Å². The summed E-state index contributed by atoms with van der Waals surface area (Å²) >= 11 is 0. The molecular formula is C16H27N5O2. The van der Waals surface area contributed by atoms with Crippen molar-refractivity contribution in [3.8, 4) is 0 Å². The topological polar surface area (TPSA) is 71.3 Å². The molecule has 0 unspecified atom stereocenters. The predicted molar refractivity (Wildman–Crippen MR) is 86.3 cm³/mol. The zero-order valence-corrected chi connectivity index (χ0v) is 14.5. The fourth-order valence-corrected chi connectivity index (χ4v) is 2.97. The summed E-state index contributed by atoms with van der Waals surface area (Å²) in [7, 11) is 3.57. The minimum Gasteiger partial charge on any atom is -0.336 e. The van der Waals surface area contributed by atoms with Gasteiger partial charge in [0.1, 0.15) is 18.2 Å². The lowest BCUT2D eigenvalue weighted by Crippen LogP contribution is -2.52. The van der Waals surface area contributed by atoms with Crippen LogP contribution in [0.1, 0.15) is 45.4 Å². The van der Waals surface area contributed by atoms with E-state index in [2.05, 4.69) is 23.9 Å². The highest BCUT2D eigenvalue weighted by Gasteiger charge is 2.33. The fraction of sp³-hybridized carbons (Fsp3) is 0.750. The van der Waals surface area contributed by atoms with E-state index in [9.17, 15) is 9.59 Å². The van der Waals surface area contributed by atoms with Crippen LogP contribution in [0.2, 0.25) is 0 Å². The quantitative estimate of drug-likeness (QED) is 0.789. The number of likely N-dealkylation sites (tertiary alicyclic amines) is 1. The van der Waals surface area contributed by atoms with Gasteiger partial charge in [0.2, 0.25) is 11.8 Å². The van der Waals surface area contributed by atoms with Gasteiger partial charge in [-0.15, -0.1) is 0 Å². The second-order valence-electron chi connectivity index (χ2n) is 6.68. The summed E-state index contributed by atoms with van der Waals surface area (Å²) in [6.07, 6.45) is 4.61. The smallest absolute Gasteiger partial charge is 0.245 e. The molecule has 1 aliphatic rings. The number of carbonyl (C=O) groups is 2. The van der Waals surface area contributed by atoms with Gasteiger partial charge < -0.3 is 9.80 Å². The number of piperidine rings is 1. The molecule has 0 aromatic carbocycles. The second-order valence-corrected chi connectivity index (χ2v) is 6.68. The van der Waals surface area contributed by atoms with E-state index in [0.717, 1.165) is 18.7 Å². The van der Waals surface area contributed by atoms with E-state index in [1.165, 1.54) is 6.33 Å². The summed E-state index contributed by atoms with van der Waals surface area (Å²) in [5.41, 5.74) is 0. The van der Waals surface area contributed by atoms with Gasteiger partial charge >= 0.3 is 0 Å². The van der Waals surface area contributed by atoms with Gasteiger partial charge in [-0.25, -0.2) is 4.98 Å². The largest absolute Gasteiger partial charge is 0.336 e. The van der Waals surface area contributed by atoms with Crippen LogP contribution in [0.25, 0.3) is 0 Å². The summed E-state index contributed by atoms with van der Waals surface area (Å²) in [5.74, 6) is 1.16. The number of hydrogen-bond acceptors (Lipinski definition) is 4. The average molecular weight is 321 g/mol. The molecule has 0 aliphatic carbocycles. The monoisotopic (exact) mass is 321 g/mol. The van der Waals surface area contributed by atoms with E-state index in [1.807, 2.05) is 0 Å². The van der Waals surface area contributed by atoms with Gasteiger partial charge in [-0.3, -0.25) is 14.3 Å². The first-order valence-corrected chi connectivity index (χ1v) is 8.27. The van der Waals surface area contributed by atoms with E-state index in [-0.39, 0.29) is 17.9 Å². The molecule has 1 aromatic rings. The fourth-order valence-electron chi connectivity index (χ4n) is 2.97. The van der Waals surface area contributed by atoms with Gasteiger partial charge in [0, 0.05) is 27.1 Å². The standard InChI is InChI=1S/C16H27N5O2/c1-12(2)9-13(21-8-6-5-7-15(21)22)16(23)19(3)10-14-17-11-18-20(14)4/h11-13H,5-10H2,1-4H3/t13-/m1/s1. The Morgan fingerprint density at radius 1 is 1.39 bits per heavy atom. The Bertz CT molecular complexity index is 554. The lowest BCUT2D eigenvalue weighted by Gasteiger charge is -2.36. The maximum absolute atomic E-state index is 12.9. The van der Waals surface area contributed by atoms with E-state index in [4.69, 9.17) is 0 Å². The number of rotatable bonds is 6. The highest BCUT2D eigenvalue weighted by Crippen LogP contribution is 2.20. The van der Waals surface area contributed by atoms with Crippen LogP contribution in [0.4, 0.5) is 0 Å². The van der Waals surface area contributed by atoms with Gasteiger partial charge in [-0.1, -0.05) is 13.8 Å². The number of nitrogens with zero attached hydrogens (tertiary/aromatic N) is 5. The molecule has 0 radical (unpaired) electrons. The zero-order chi connectivity index (χ0) is 17.0. The van der Waals surface area contributed by atoms with Gasteiger partial charge in [0.25, 0.3) is 0 Å². The molecule has 0 saturated carbocycles. The number of carbonyl (C=O) groups excluding carboxylic acids is 2. The second kappa shape index (κ2) is 7.57. The Morgan fingerprint density at radius 3 is 2.70 bits per heavy atom. The van der Waals surface area contributed by atoms with E-state index < -0.39 is 0 Å². The molecule has 1 aliphatic heterocycles. The van der Waals surface area contributed by atoms with Crippen LogP contribution in [-0.2, 0) is 23.2 Å². The van der Waals surface area contributed by atoms with E-state index in [0.29, 0.717) is 31.8 Å². The lowest BCUT2D eigenvalue weighted by molar-refractivity contribution is -0.147. The summed E-state index contributed by atoms with van der Waals surface area (Å²) in [6, 6.07) is -0.374. The van der Waals surface area contributed by atoms with Gasteiger partial charge in [0.15, 0.2) is 0 Å². The summed E-state index contributed by atoms with van der Waals surface area (Å²) < 4.78 is 1.66. The third-order valence-corrected chi connectivity index (χ3v) is 4.28. The highest BCUT2D eigenvalue weighted by atomic mass is 16.2. The van der Waals surface area contributed by atoms with Crippen molar-refractivity contribution in [2.24, 2.45) is 13.0 Å². The maximum Gasteiger partial charge on any atom is 0.245 e. The van der Waals surface area contributed by atoms with Crippen molar-refractivity contribution in [2.75, 3.05) is 13.6 Å². The van der Waals surface area contributed by atoms with Crippen LogP contribution in [0.15, 0.2) is 6.33 Å². The Hall–Kier alpha value is -1.92. The molecule has 2 heterocycles. The first-order chi connectivity index (χ1) is 10.9. The Labute approximate surface area is 137 Å². The minimum absolute atomic E-state index is 0.0167. The van der Waals surface area contributed by atoms with Crippen LogP contribution in [0.5, 0.6) is 0 Å². The SMILES string of the molecule is CC(C)C[C@H](C(=O)N(C)Cc1ncnn1C)N1CCCCC1=O. The van der Waals surface area contributed by atoms with Crippen molar-refractivity contribution in [3.05, 3.63) is 12.2 Å². The molecule has 1 saturated heterocycles. The van der Waals surface area contributed by atoms with Crippen LogP contribution in [0.3, 0.4) is 0 Å². The molecule has 1 fully saturated rings. The number of aromatic nitrogens is 3. The lowest BCUT2D eigenvalue weighted by atomic mass is 9.98. The molecule has 7 nitrogen and oxygen atoms in total. The van der Waals surface area contributed by atoms with E-state index in [1.54, 1.807) is 28.6 Å². The predicted octanol–water partition coefficient (Wildman–Crippen LogP) is 1.20. The number of likely N-dealkylation sites (N-methyl/N-ethyl adjacent to an activating group) is 1. The van der Waals surface area contributed by atoms with Crippen molar-refractivity contribution < 1.29 is 9.59 Å². The van der Waals surface area contributed by atoms with Gasteiger partial charge in [-0.2, -0.15) is 5.10 Å². The number of hydrogen-bond donors (Lipinski definition) is 0. The molecule has 7 heteroatoms. The molecule has 2 amide bonds. The number of aryl methyl sites for hydroxylation is 1. The van der Waals surface area contributed by atoms with Crippen molar-refractivity contribution >= 4 is 11.8 Å². The first kappa shape index (κ1) is 17.4. The summed E-state index contributed by atoms with van der Waals surface area (Å²) in [6.45, 7) is 5.24. The Kier molecular flexibility index (Phi) is 5.74. The van der Waals surface area contributed by atoms with Gasteiger partial charge in [0.05, 0.1) is 6.54 Å². The molecule has 128 valence electrons. The minimum atomic E-state index is -0.374. The Balaban J connectivity index is 2.12. The van der Waals surface area contributed by atoms with Crippen LogP contribution < -0.4 is 0 Å². The van der Waals surface area contributed by atoms with Crippen LogP contribution >= 0.6 is 0 Å². The van der Waals surface area contributed by atoms with Crippen molar-refractivity contribution in [3.63, 3.8) is 0 Å². The molecule has 0 N–H and O–H groups in total. The molecule has 1 atom stereocenters. The summed E-state index contributed by atoms with van der Waals surface area (Å²) in [5, 5.41) is 4.03. The summed E-state index contributed by atoms with van der Waals surface area (Å²) in [4.78, 5) is 32.8. The average Bonchev–Trinajstić information content (AvgIpc) is 2.90. The first-order valence-electron chi connectivity index (χ1n) is 8.27. The molecule has 23 heavy (non-hydrogen) atoms. The van der Waals surface area contributed by atoms with E-state index >= 15 is 0 Å². The molecule has 0 spiro atoms. The zero-order valence-electron chi connectivity index (χ0n) is 14.5. The molecule has 1 aromatic heterocycles. The van der Waals surface area contributed by atoms with Gasteiger partial charge in [-0.05, 0) is 25.2 Å². The third kappa shape index (κ3) is 4.30. The maximum atomic E-state index is 12.9. The highest BCUT2D eigenvalue weighted by molar-refractivity contribution is 5.87. The molecule has 2 rings (SSSR count). The Morgan fingerprint density at radius 2 is 2.13 bits per heavy atom. The van der Waals surface area contributed by atoms with Crippen LogP contribution in [0, 0.1) is 5.92 Å². The third-order valence-electron chi connectivity index (χ3n) is 4.28. The van der Waals surface area contributed by atoms with Crippen LogP contribution in [-0.4, -0.2) is 56.0 Å². The van der Waals surface area contributed by atoms with Crippen molar-refractivity contribution in [2.45, 2.75) is 52.1 Å². The molecular weight excluding hydrogens is 294 g/mol. The number of amides is 2. The van der Waals surface area contributed by atoms with Crippen molar-refractivity contribution in [1.29, 1.82) is 0 Å². The molecule has 0 bridgehead atoms.